The number of carbonyl (C=O) groups excluding carboxylic acids is 1. The highest BCUT2D eigenvalue weighted by Gasteiger charge is 2.19. The summed E-state index contributed by atoms with van der Waals surface area (Å²) in [5, 5.41) is 3.38. The molecule has 0 saturated carbocycles. The third-order valence-electron chi connectivity index (χ3n) is 3.88. The molecule has 4 nitrogen and oxygen atoms in total. The van der Waals surface area contributed by atoms with Crippen LogP contribution in [0.25, 0.3) is 0 Å². The second kappa shape index (κ2) is 7.09. The predicted molar refractivity (Wildman–Crippen MR) is 86.1 cm³/mol. The van der Waals surface area contributed by atoms with Gasteiger partial charge in [-0.3, -0.25) is 4.79 Å². The lowest BCUT2D eigenvalue weighted by atomic mass is 9.97. The summed E-state index contributed by atoms with van der Waals surface area (Å²) in [7, 11) is 0. The highest BCUT2D eigenvalue weighted by atomic mass is 79.9. The van der Waals surface area contributed by atoms with Crippen LogP contribution in [0.2, 0.25) is 0 Å². The number of primary amides is 1. The van der Waals surface area contributed by atoms with E-state index < -0.39 is 0 Å². The maximum atomic E-state index is 11.6. The Hall–Kier alpha value is -1.07. The number of nitrogens with two attached hydrogens (primary N) is 1. The normalized spacial score (nSPS) is 16.1. The SMILES string of the molecule is CCN(CC1CCNCC1)c1cc(Br)ccc1C(N)=O. The van der Waals surface area contributed by atoms with Crippen molar-refractivity contribution >= 4 is 27.5 Å². The van der Waals surface area contributed by atoms with E-state index in [2.05, 4.69) is 33.1 Å². The number of halogens is 1. The average molecular weight is 340 g/mol. The van der Waals surface area contributed by atoms with Crippen molar-refractivity contribution in [2.75, 3.05) is 31.1 Å². The van der Waals surface area contributed by atoms with E-state index in [-0.39, 0.29) is 5.91 Å². The van der Waals surface area contributed by atoms with Crippen molar-refractivity contribution in [3.05, 3.63) is 28.2 Å². The molecule has 1 amide bonds. The van der Waals surface area contributed by atoms with Crippen LogP contribution in [-0.4, -0.2) is 32.1 Å². The highest BCUT2D eigenvalue weighted by Crippen LogP contribution is 2.27. The Morgan fingerprint density at radius 2 is 2.15 bits per heavy atom. The molecule has 0 aliphatic carbocycles. The van der Waals surface area contributed by atoms with Crippen LogP contribution in [0.3, 0.4) is 0 Å². The monoisotopic (exact) mass is 339 g/mol. The number of nitrogens with one attached hydrogen (secondary N) is 1. The molecule has 5 heteroatoms. The van der Waals surface area contributed by atoms with E-state index in [1.165, 1.54) is 12.8 Å². The number of piperidine rings is 1. The first-order valence-electron chi connectivity index (χ1n) is 7.16. The number of carbonyl (C=O) groups is 1. The zero-order chi connectivity index (χ0) is 14.5. The van der Waals surface area contributed by atoms with E-state index in [1.54, 1.807) is 6.07 Å². The summed E-state index contributed by atoms with van der Waals surface area (Å²) >= 11 is 3.48. The van der Waals surface area contributed by atoms with Crippen molar-refractivity contribution in [2.45, 2.75) is 19.8 Å². The maximum absolute atomic E-state index is 11.6. The fourth-order valence-corrected chi connectivity index (χ4v) is 3.10. The number of nitrogens with zero attached hydrogens (tertiary/aromatic N) is 1. The zero-order valence-electron chi connectivity index (χ0n) is 11.9. The fraction of sp³-hybridized carbons (Fsp3) is 0.533. The van der Waals surface area contributed by atoms with Crippen molar-refractivity contribution in [3.8, 4) is 0 Å². The Kier molecular flexibility index (Phi) is 5.43. The Bertz CT molecular complexity index is 472. The van der Waals surface area contributed by atoms with E-state index in [4.69, 9.17) is 5.73 Å². The van der Waals surface area contributed by atoms with Gasteiger partial charge in [-0.05, 0) is 57.0 Å². The van der Waals surface area contributed by atoms with E-state index in [9.17, 15) is 4.79 Å². The minimum absolute atomic E-state index is 0.365. The molecule has 0 spiro atoms. The molecule has 0 atom stereocenters. The molecular formula is C15H22BrN3O. The van der Waals surface area contributed by atoms with Gasteiger partial charge in [0.05, 0.1) is 11.3 Å². The molecule has 2 rings (SSSR count). The summed E-state index contributed by atoms with van der Waals surface area (Å²) in [5.41, 5.74) is 7.04. The van der Waals surface area contributed by atoms with Gasteiger partial charge < -0.3 is 16.0 Å². The molecule has 20 heavy (non-hydrogen) atoms. The van der Waals surface area contributed by atoms with Gasteiger partial charge in [0, 0.05) is 17.6 Å². The molecular weight excluding hydrogens is 318 g/mol. The summed E-state index contributed by atoms with van der Waals surface area (Å²) in [6, 6.07) is 5.65. The number of benzene rings is 1. The Balaban J connectivity index is 2.21. The van der Waals surface area contributed by atoms with Gasteiger partial charge in [-0.25, -0.2) is 0 Å². The van der Waals surface area contributed by atoms with Crippen molar-refractivity contribution in [1.29, 1.82) is 0 Å². The number of hydrogen-bond acceptors (Lipinski definition) is 3. The summed E-state index contributed by atoms with van der Waals surface area (Å²) in [6.45, 7) is 6.15. The molecule has 110 valence electrons. The molecule has 1 aromatic carbocycles. The minimum atomic E-state index is -0.365. The van der Waals surface area contributed by atoms with Crippen LogP contribution in [0, 0.1) is 5.92 Å². The minimum Gasteiger partial charge on any atom is -0.371 e. The maximum Gasteiger partial charge on any atom is 0.250 e. The van der Waals surface area contributed by atoms with Gasteiger partial charge in [0.15, 0.2) is 0 Å². The molecule has 1 aromatic rings. The fourth-order valence-electron chi connectivity index (χ4n) is 2.75. The van der Waals surface area contributed by atoms with E-state index in [1.807, 2.05) is 12.1 Å². The molecule has 0 aromatic heterocycles. The Labute approximate surface area is 128 Å². The van der Waals surface area contributed by atoms with Gasteiger partial charge in [0.25, 0.3) is 5.91 Å². The summed E-state index contributed by atoms with van der Waals surface area (Å²) in [4.78, 5) is 13.9. The zero-order valence-corrected chi connectivity index (χ0v) is 13.4. The van der Waals surface area contributed by atoms with Crippen LogP contribution in [0.5, 0.6) is 0 Å². The van der Waals surface area contributed by atoms with E-state index in [0.717, 1.165) is 36.3 Å². The van der Waals surface area contributed by atoms with Crippen LogP contribution >= 0.6 is 15.9 Å². The van der Waals surface area contributed by atoms with Crippen LogP contribution in [0.15, 0.2) is 22.7 Å². The third-order valence-corrected chi connectivity index (χ3v) is 4.38. The van der Waals surface area contributed by atoms with Gasteiger partial charge in [-0.15, -0.1) is 0 Å². The third kappa shape index (κ3) is 3.73. The van der Waals surface area contributed by atoms with Crippen molar-refractivity contribution < 1.29 is 4.79 Å². The van der Waals surface area contributed by atoms with Crippen LogP contribution in [-0.2, 0) is 0 Å². The lowest BCUT2D eigenvalue weighted by Gasteiger charge is -2.31. The average Bonchev–Trinajstić information content (AvgIpc) is 2.45. The number of anilines is 1. The number of amides is 1. The van der Waals surface area contributed by atoms with E-state index in [0.29, 0.717) is 11.5 Å². The van der Waals surface area contributed by atoms with Crippen molar-refractivity contribution in [2.24, 2.45) is 11.7 Å². The van der Waals surface area contributed by atoms with Crippen LogP contribution in [0.4, 0.5) is 5.69 Å². The molecule has 1 fully saturated rings. The predicted octanol–water partition coefficient (Wildman–Crippen LogP) is 2.37. The largest absolute Gasteiger partial charge is 0.371 e. The molecule has 1 aliphatic rings. The first kappa shape index (κ1) is 15.3. The standard InChI is InChI=1S/C15H22BrN3O/c1-2-19(10-11-5-7-18-8-6-11)14-9-12(16)3-4-13(14)15(17)20/h3-4,9,11,18H,2,5-8,10H2,1H3,(H2,17,20). The topological polar surface area (TPSA) is 58.4 Å². The summed E-state index contributed by atoms with van der Waals surface area (Å²) < 4.78 is 0.973. The summed E-state index contributed by atoms with van der Waals surface area (Å²) in [6.07, 6.45) is 2.38. The lowest BCUT2D eigenvalue weighted by Crippen LogP contribution is -2.37. The second-order valence-corrected chi connectivity index (χ2v) is 6.17. The van der Waals surface area contributed by atoms with Gasteiger partial charge in [-0.1, -0.05) is 15.9 Å². The molecule has 0 unspecified atom stereocenters. The lowest BCUT2D eigenvalue weighted by molar-refractivity contribution is 0.100. The van der Waals surface area contributed by atoms with Gasteiger partial charge in [0.1, 0.15) is 0 Å². The summed E-state index contributed by atoms with van der Waals surface area (Å²) in [5.74, 6) is 0.312. The number of rotatable bonds is 5. The van der Waals surface area contributed by atoms with Crippen LogP contribution in [0.1, 0.15) is 30.1 Å². The molecule has 1 heterocycles. The first-order chi connectivity index (χ1) is 9.61. The quantitative estimate of drug-likeness (QED) is 0.865. The van der Waals surface area contributed by atoms with Gasteiger partial charge >= 0.3 is 0 Å². The molecule has 3 N–H and O–H groups in total. The van der Waals surface area contributed by atoms with E-state index >= 15 is 0 Å². The first-order valence-corrected chi connectivity index (χ1v) is 7.96. The van der Waals surface area contributed by atoms with Crippen molar-refractivity contribution in [1.82, 2.24) is 5.32 Å². The molecule has 1 saturated heterocycles. The highest BCUT2D eigenvalue weighted by molar-refractivity contribution is 9.10. The van der Waals surface area contributed by atoms with Gasteiger partial charge in [-0.2, -0.15) is 0 Å². The molecule has 0 radical (unpaired) electrons. The Morgan fingerprint density at radius 1 is 1.45 bits per heavy atom. The van der Waals surface area contributed by atoms with Crippen LogP contribution < -0.4 is 16.0 Å². The Morgan fingerprint density at radius 3 is 2.75 bits per heavy atom. The molecule has 0 bridgehead atoms. The smallest absolute Gasteiger partial charge is 0.250 e. The van der Waals surface area contributed by atoms with Gasteiger partial charge in [0.2, 0.25) is 0 Å². The number of hydrogen-bond donors (Lipinski definition) is 2. The van der Waals surface area contributed by atoms with Crippen molar-refractivity contribution in [3.63, 3.8) is 0 Å². The molecule has 1 aliphatic heterocycles. The second-order valence-electron chi connectivity index (χ2n) is 5.26.